The molecule has 150 valence electrons. The molecule has 29 heavy (non-hydrogen) atoms. The first-order valence-electron chi connectivity index (χ1n) is 10.1. The van der Waals surface area contributed by atoms with E-state index in [4.69, 9.17) is 14.5 Å². The van der Waals surface area contributed by atoms with Gasteiger partial charge >= 0.3 is 0 Å². The number of hydrogen-bond donors (Lipinski definition) is 2. The van der Waals surface area contributed by atoms with Gasteiger partial charge in [0.25, 0.3) is 0 Å². The maximum Gasteiger partial charge on any atom is 0.229 e. The predicted octanol–water partition coefficient (Wildman–Crippen LogP) is 4.88. The third kappa shape index (κ3) is 5.03. The zero-order valence-corrected chi connectivity index (χ0v) is 16.6. The molecule has 2 heterocycles. The van der Waals surface area contributed by atoms with Gasteiger partial charge in [0, 0.05) is 24.8 Å². The van der Waals surface area contributed by atoms with E-state index in [0.717, 1.165) is 54.5 Å². The molecule has 1 fully saturated rings. The van der Waals surface area contributed by atoms with E-state index < -0.39 is 0 Å². The number of benzene rings is 2. The Morgan fingerprint density at radius 1 is 1.07 bits per heavy atom. The van der Waals surface area contributed by atoms with E-state index in [-0.39, 0.29) is 6.10 Å². The lowest BCUT2D eigenvalue weighted by molar-refractivity contribution is 0.120. The van der Waals surface area contributed by atoms with E-state index in [9.17, 15) is 0 Å². The summed E-state index contributed by atoms with van der Waals surface area (Å²) in [5, 5.41) is 6.73. The van der Waals surface area contributed by atoms with Gasteiger partial charge in [-0.2, -0.15) is 4.98 Å². The fourth-order valence-corrected chi connectivity index (χ4v) is 3.35. The molecule has 0 aliphatic carbocycles. The average molecular weight is 390 g/mol. The van der Waals surface area contributed by atoms with Gasteiger partial charge in [-0.05, 0) is 31.9 Å². The van der Waals surface area contributed by atoms with Crippen molar-refractivity contribution >= 4 is 17.5 Å². The van der Waals surface area contributed by atoms with Crippen molar-refractivity contribution in [1.29, 1.82) is 0 Å². The van der Waals surface area contributed by atoms with Crippen LogP contribution in [0, 0.1) is 0 Å². The second kappa shape index (κ2) is 9.39. The van der Waals surface area contributed by atoms with Crippen LogP contribution in [0.4, 0.5) is 17.5 Å². The molecule has 4 rings (SSSR count). The molecule has 0 radical (unpaired) electrons. The summed E-state index contributed by atoms with van der Waals surface area (Å²) in [5.74, 6) is 2.07. The van der Waals surface area contributed by atoms with Crippen molar-refractivity contribution < 1.29 is 9.47 Å². The summed E-state index contributed by atoms with van der Waals surface area (Å²) < 4.78 is 11.4. The zero-order valence-electron chi connectivity index (χ0n) is 16.6. The standard InChI is InChI=1S/C23H26N4O2/c1-2-28-21-13-7-6-12-19(21)25-23-26-20(17-9-4-3-5-10-17)15-22(27-23)24-16-18-11-8-14-29-18/h3-7,9-10,12-13,15,18H,2,8,11,14,16H2,1H3,(H2,24,25,26,27). The Bertz CT molecular complexity index is 927. The van der Waals surface area contributed by atoms with E-state index in [1.165, 1.54) is 0 Å². The van der Waals surface area contributed by atoms with Crippen LogP contribution in [0.1, 0.15) is 19.8 Å². The number of nitrogens with one attached hydrogen (secondary N) is 2. The molecule has 3 aromatic rings. The molecule has 1 atom stereocenters. The van der Waals surface area contributed by atoms with Crippen molar-refractivity contribution in [1.82, 2.24) is 9.97 Å². The molecule has 0 spiro atoms. The van der Waals surface area contributed by atoms with E-state index in [0.29, 0.717) is 12.6 Å². The quantitative estimate of drug-likeness (QED) is 0.572. The van der Waals surface area contributed by atoms with Crippen LogP contribution >= 0.6 is 0 Å². The first-order valence-corrected chi connectivity index (χ1v) is 10.1. The fourth-order valence-electron chi connectivity index (χ4n) is 3.35. The molecule has 0 saturated carbocycles. The van der Waals surface area contributed by atoms with Gasteiger partial charge in [-0.1, -0.05) is 42.5 Å². The van der Waals surface area contributed by atoms with Crippen molar-refractivity contribution in [3.63, 3.8) is 0 Å². The molecule has 1 aromatic heterocycles. The lowest BCUT2D eigenvalue weighted by Gasteiger charge is -2.15. The van der Waals surface area contributed by atoms with Gasteiger partial charge in [0.15, 0.2) is 0 Å². The number of anilines is 3. The first kappa shape index (κ1) is 19.2. The lowest BCUT2D eigenvalue weighted by atomic mass is 10.1. The molecule has 0 bridgehead atoms. The van der Waals surface area contributed by atoms with Crippen LogP contribution in [0.25, 0.3) is 11.3 Å². The number of aromatic nitrogens is 2. The van der Waals surface area contributed by atoms with Gasteiger partial charge in [-0.3, -0.25) is 0 Å². The highest BCUT2D eigenvalue weighted by molar-refractivity contribution is 5.68. The van der Waals surface area contributed by atoms with Gasteiger partial charge in [-0.15, -0.1) is 0 Å². The zero-order chi connectivity index (χ0) is 19.9. The van der Waals surface area contributed by atoms with Crippen LogP contribution in [0.15, 0.2) is 60.7 Å². The van der Waals surface area contributed by atoms with Gasteiger partial charge in [-0.25, -0.2) is 4.98 Å². The SMILES string of the molecule is CCOc1ccccc1Nc1nc(NCC2CCCO2)cc(-c2ccccc2)n1. The van der Waals surface area contributed by atoms with E-state index >= 15 is 0 Å². The smallest absolute Gasteiger partial charge is 0.229 e. The average Bonchev–Trinajstić information content (AvgIpc) is 3.28. The van der Waals surface area contributed by atoms with Crippen LogP contribution in [-0.4, -0.2) is 35.8 Å². The summed E-state index contributed by atoms with van der Waals surface area (Å²) in [5.41, 5.74) is 2.73. The minimum Gasteiger partial charge on any atom is -0.492 e. The molecule has 6 heteroatoms. The van der Waals surface area contributed by atoms with Crippen LogP contribution in [0.2, 0.25) is 0 Å². The molecular formula is C23H26N4O2. The Labute approximate surface area is 171 Å². The molecule has 2 aromatic carbocycles. The van der Waals surface area contributed by atoms with E-state index in [1.807, 2.05) is 67.6 Å². The summed E-state index contributed by atoms with van der Waals surface area (Å²) in [4.78, 5) is 9.40. The number of ether oxygens (including phenoxy) is 2. The van der Waals surface area contributed by atoms with Crippen LogP contribution in [0.3, 0.4) is 0 Å². The van der Waals surface area contributed by atoms with Crippen molar-refractivity contribution in [2.24, 2.45) is 0 Å². The minimum absolute atomic E-state index is 0.236. The maximum atomic E-state index is 5.72. The highest BCUT2D eigenvalue weighted by atomic mass is 16.5. The molecule has 1 saturated heterocycles. The summed E-state index contributed by atoms with van der Waals surface area (Å²) in [6.07, 6.45) is 2.43. The second-order valence-electron chi connectivity index (χ2n) is 6.90. The van der Waals surface area contributed by atoms with Gasteiger partial charge < -0.3 is 20.1 Å². The molecular weight excluding hydrogens is 364 g/mol. The number of rotatable bonds is 8. The van der Waals surface area contributed by atoms with Crippen LogP contribution < -0.4 is 15.4 Å². The number of para-hydroxylation sites is 2. The monoisotopic (exact) mass is 390 g/mol. The minimum atomic E-state index is 0.236. The highest BCUT2D eigenvalue weighted by Gasteiger charge is 2.16. The van der Waals surface area contributed by atoms with Crippen LogP contribution in [-0.2, 0) is 4.74 Å². The Morgan fingerprint density at radius 2 is 1.90 bits per heavy atom. The third-order valence-corrected chi connectivity index (χ3v) is 4.76. The molecule has 1 aliphatic rings. The third-order valence-electron chi connectivity index (χ3n) is 4.76. The number of hydrogen-bond acceptors (Lipinski definition) is 6. The number of nitrogens with zero attached hydrogens (tertiary/aromatic N) is 2. The summed E-state index contributed by atoms with van der Waals surface area (Å²) >= 11 is 0. The Kier molecular flexibility index (Phi) is 6.22. The summed E-state index contributed by atoms with van der Waals surface area (Å²) in [7, 11) is 0. The molecule has 1 aliphatic heterocycles. The van der Waals surface area contributed by atoms with Gasteiger partial charge in [0.1, 0.15) is 11.6 Å². The lowest BCUT2D eigenvalue weighted by Crippen LogP contribution is -2.19. The normalized spacial score (nSPS) is 15.8. The van der Waals surface area contributed by atoms with Crippen molar-refractivity contribution in [3.05, 3.63) is 60.7 Å². The summed E-state index contributed by atoms with van der Waals surface area (Å²) in [6.45, 7) is 4.14. The van der Waals surface area contributed by atoms with E-state index in [2.05, 4.69) is 15.6 Å². The fraction of sp³-hybridized carbons (Fsp3) is 0.304. The Hall–Kier alpha value is -3.12. The molecule has 6 nitrogen and oxygen atoms in total. The Morgan fingerprint density at radius 3 is 2.69 bits per heavy atom. The predicted molar refractivity (Wildman–Crippen MR) is 116 cm³/mol. The topological polar surface area (TPSA) is 68.3 Å². The summed E-state index contributed by atoms with van der Waals surface area (Å²) in [6, 6.07) is 19.9. The second-order valence-corrected chi connectivity index (χ2v) is 6.90. The van der Waals surface area contributed by atoms with Crippen LogP contribution in [0.5, 0.6) is 5.75 Å². The molecule has 2 N–H and O–H groups in total. The van der Waals surface area contributed by atoms with Crippen molar-refractivity contribution in [3.8, 4) is 17.0 Å². The largest absolute Gasteiger partial charge is 0.492 e. The molecule has 1 unspecified atom stereocenters. The van der Waals surface area contributed by atoms with Gasteiger partial charge in [0.05, 0.1) is 24.1 Å². The highest BCUT2D eigenvalue weighted by Crippen LogP contribution is 2.28. The molecule has 0 amide bonds. The van der Waals surface area contributed by atoms with Crippen molar-refractivity contribution in [2.75, 3.05) is 30.4 Å². The Balaban J connectivity index is 1.62. The maximum absolute atomic E-state index is 5.72. The van der Waals surface area contributed by atoms with Crippen molar-refractivity contribution in [2.45, 2.75) is 25.9 Å². The van der Waals surface area contributed by atoms with Gasteiger partial charge in [0.2, 0.25) is 5.95 Å². The first-order chi connectivity index (χ1) is 14.3. The van der Waals surface area contributed by atoms with E-state index in [1.54, 1.807) is 0 Å².